The molecule has 11 heteroatoms. The Balaban J connectivity index is 1.19. The molecule has 0 atom stereocenters. The molecule has 1 aliphatic heterocycles. The van der Waals surface area contributed by atoms with Crippen molar-refractivity contribution in [3.05, 3.63) is 90.3 Å². The van der Waals surface area contributed by atoms with Gasteiger partial charge >= 0.3 is 0 Å². The lowest BCUT2D eigenvalue weighted by Gasteiger charge is -2.35. The van der Waals surface area contributed by atoms with E-state index in [1.807, 2.05) is 6.07 Å². The third-order valence-corrected chi connectivity index (χ3v) is 8.42. The van der Waals surface area contributed by atoms with E-state index in [9.17, 15) is 17.2 Å². The molecular weight excluding hydrogens is 522 g/mol. The number of rotatable bonds is 7. The van der Waals surface area contributed by atoms with Crippen molar-refractivity contribution in [1.82, 2.24) is 19.9 Å². The number of H-pyrrole nitrogens is 1. The summed E-state index contributed by atoms with van der Waals surface area (Å²) in [5.41, 5.74) is 3.45. The molecule has 1 fully saturated rings. The monoisotopic (exact) mass is 548 g/mol. The van der Waals surface area contributed by atoms with Crippen LogP contribution in [0.3, 0.4) is 0 Å². The normalized spacial score (nSPS) is 14.8. The second kappa shape index (κ2) is 10.2. The van der Waals surface area contributed by atoms with Gasteiger partial charge in [-0.1, -0.05) is 24.3 Å². The lowest BCUT2D eigenvalue weighted by molar-refractivity contribution is 0.260. The highest BCUT2D eigenvalue weighted by Gasteiger charge is 2.23. The average Bonchev–Trinajstić information content (AvgIpc) is 3.33. The molecule has 0 aliphatic carbocycles. The van der Waals surface area contributed by atoms with Crippen LogP contribution in [0, 0.1) is 11.6 Å². The first-order valence-electron chi connectivity index (χ1n) is 12.6. The number of hydrogen-bond acceptors (Lipinski definition) is 6. The molecule has 0 spiro atoms. The van der Waals surface area contributed by atoms with Gasteiger partial charge in [-0.25, -0.2) is 27.2 Å². The zero-order chi connectivity index (χ0) is 27.0. The van der Waals surface area contributed by atoms with Gasteiger partial charge in [0.15, 0.2) is 17.5 Å². The van der Waals surface area contributed by atoms with Gasteiger partial charge in [-0.2, -0.15) is 0 Å². The smallest absolute Gasteiger partial charge is 0.261 e. The van der Waals surface area contributed by atoms with Crippen molar-refractivity contribution in [2.45, 2.75) is 11.3 Å². The number of nitrogens with one attached hydrogen (secondary N) is 2. The standard InChI is InChI=1S/C28H26F2N6O2S/c29-23-8-6-19(16-24(23)30)10-11-35-12-14-36(15-13-35)28-27-26(31-18-32-28)22-17-21(7-9-25(22)33-27)39(37,38)34-20-4-2-1-3-5-20/h1-9,16-18,33-34H,10-15H2. The van der Waals surface area contributed by atoms with Gasteiger partial charge in [0.2, 0.25) is 0 Å². The van der Waals surface area contributed by atoms with Crippen LogP contribution in [0.2, 0.25) is 0 Å². The molecule has 6 rings (SSSR count). The summed E-state index contributed by atoms with van der Waals surface area (Å²) in [6.07, 6.45) is 2.14. The molecule has 3 heterocycles. The summed E-state index contributed by atoms with van der Waals surface area (Å²) < 4.78 is 55.4. The molecule has 0 saturated carbocycles. The van der Waals surface area contributed by atoms with E-state index in [2.05, 4.69) is 29.5 Å². The molecule has 0 unspecified atom stereocenters. The maximum absolute atomic E-state index is 13.5. The van der Waals surface area contributed by atoms with Crippen molar-refractivity contribution >= 4 is 43.5 Å². The number of hydrogen-bond donors (Lipinski definition) is 2. The van der Waals surface area contributed by atoms with Gasteiger partial charge in [-0.3, -0.25) is 9.62 Å². The highest BCUT2D eigenvalue weighted by Crippen LogP contribution is 2.31. The molecule has 1 saturated heterocycles. The Kier molecular flexibility index (Phi) is 6.61. The Morgan fingerprint density at radius 2 is 1.69 bits per heavy atom. The van der Waals surface area contributed by atoms with E-state index >= 15 is 0 Å². The summed E-state index contributed by atoms with van der Waals surface area (Å²) in [4.78, 5) is 17.0. The Morgan fingerprint density at radius 1 is 0.897 bits per heavy atom. The SMILES string of the molecule is O=S(=O)(Nc1ccccc1)c1ccc2[nH]c3c(N4CCN(CCc5ccc(F)c(F)c5)CC4)ncnc3c2c1. The van der Waals surface area contributed by atoms with E-state index in [1.165, 1.54) is 18.5 Å². The Hall–Kier alpha value is -4.09. The predicted molar refractivity (Wildman–Crippen MR) is 147 cm³/mol. The fraction of sp³-hybridized carbons (Fsp3) is 0.214. The van der Waals surface area contributed by atoms with E-state index in [4.69, 9.17) is 0 Å². The Labute approximate surface area is 224 Å². The molecule has 2 N–H and O–H groups in total. The first-order chi connectivity index (χ1) is 18.9. The Bertz CT molecular complexity index is 1750. The van der Waals surface area contributed by atoms with Crippen molar-refractivity contribution in [3.8, 4) is 0 Å². The van der Waals surface area contributed by atoms with Crippen LogP contribution in [-0.2, 0) is 16.4 Å². The van der Waals surface area contributed by atoms with Crippen molar-refractivity contribution < 1.29 is 17.2 Å². The average molecular weight is 549 g/mol. The van der Waals surface area contributed by atoms with Crippen LogP contribution in [0.15, 0.2) is 78.0 Å². The first-order valence-corrected chi connectivity index (χ1v) is 14.1. The van der Waals surface area contributed by atoms with Crippen molar-refractivity contribution in [2.75, 3.05) is 42.3 Å². The summed E-state index contributed by atoms with van der Waals surface area (Å²) >= 11 is 0. The molecule has 3 aromatic carbocycles. The van der Waals surface area contributed by atoms with E-state index in [1.54, 1.807) is 48.5 Å². The van der Waals surface area contributed by atoms with Crippen molar-refractivity contribution in [1.29, 1.82) is 0 Å². The summed E-state index contributed by atoms with van der Waals surface area (Å²) in [5.74, 6) is -0.883. The van der Waals surface area contributed by atoms with E-state index < -0.39 is 21.7 Å². The van der Waals surface area contributed by atoms with Gasteiger partial charge in [0, 0.05) is 49.3 Å². The summed E-state index contributed by atoms with van der Waals surface area (Å²) in [5, 5.41) is 0.703. The molecule has 0 radical (unpaired) electrons. The van der Waals surface area contributed by atoms with Crippen LogP contribution in [-0.4, -0.2) is 61.0 Å². The number of aromatic nitrogens is 3. The minimum absolute atomic E-state index is 0.148. The number of para-hydroxylation sites is 1. The quantitative estimate of drug-likeness (QED) is 0.310. The van der Waals surface area contributed by atoms with Crippen LogP contribution in [0.4, 0.5) is 20.3 Å². The second-order valence-corrected chi connectivity index (χ2v) is 11.2. The minimum Gasteiger partial charge on any atom is -0.352 e. The third-order valence-electron chi connectivity index (χ3n) is 7.04. The third kappa shape index (κ3) is 5.15. The maximum Gasteiger partial charge on any atom is 0.261 e. The zero-order valence-corrected chi connectivity index (χ0v) is 21.8. The van der Waals surface area contributed by atoms with Gasteiger partial charge < -0.3 is 9.88 Å². The number of sulfonamides is 1. The topological polar surface area (TPSA) is 94.2 Å². The van der Waals surface area contributed by atoms with Gasteiger partial charge in [0.25, 0.3) is 10.0 Å². The van der Waals surface area contributed by atoms with E-state index in [-0.39, 0.29) is 4.90 Å². The zero-order valence-electron chi connectivity index (χ0n) is 20.9. The second-order valence-electron chi connectivity index (χ2n) is 9.55. The number of anilines is 2. The largest absolute Gasteiger partial charge is 0.352 e. The molecule has 5 aromatic rings. The summed E-state index contributed by atoms with van der Waals surface area (Å²) in [7, 11) is -3.78. The van der Waals surface area contributed by atoms with Gasteiger partial charge in [-0.15, -0.1) is 0 Å². The first kappa shape index (κ1) is 25.2. The fourth-order valence-corrected chi connectivity index (χ4v) is 6.04. The lowest BCUT2D eigenvalue weighted by atomic mass is 10.1. The lowest BCUT2D eigenvalue weighted by Crippen LogP contribution is -2.47. The van der Waals surface area contributed by atoms with E-state index in [0.29, 0.717) is 23.0 Å². The number of piperazine rings is 1. The molecule has 2 aromatic heterocycles. The van der Waals surface area contributed by atoms with Gasteiger partial charge in [-0.05, 0) is 54.4 Å². The van der Waals surface area contributed by atoms with Crippen LogP contribution in [0.5, 0.6) is 0 Å². The van der Waals surface area contributed by atoms with Crippen LogP contribution in [0.1, 0.15) is 5.56 Å². The molecule has 0 bridgehead atoms. The van der Waals surface area contributed by atoms with Gasteiger partial charge in [0.1, 0.15) is 17.4 Å². The molecule has 39 heavy (non-hydrogen) atoms. The number of halogens is 2. The number of benzene rings is 3. The van der Waals surface area contributed by atoms with Crippen LogP contribution in [0.25, 0.3) is 21.9 Å². The molecular formula is C28H26F2N6O2S. The highest BCUT2D eigenvalue weighted by atomic mass is 32.2. The summed E-state index contributed by atoms with van der Waals surface area (Å²) in [6, 6.07) is 17.8. The number of nitrogens with zero attached hydrogens (tertiary/aromatic N) is 4. The highest BCUT2D eigenvalue weighted by molar-refractivity contribution is 7.92. The maximum atomic E-state index is 13.5. The molecule has 200 valence electrons. The minimum atomic E-state index is -3.78. The van der Waals surface area contributed by atoms with Crippen LogP contribution >= 0.6 is 0 Å². The molecule has 0 amide bonds. The fourth-order valence-electron chi connectivity index (χ4n) is 4.95. The number of aromatic amines is 1. The van der Waals surface area contributed by atoms with Crippen molar-refractivity contribution in [3.63, 3.8) is 0 Å². The molecule has 8 nitrogen and oxygen atoms in total. The van der Waals surface area contributed by atoms with E-state index in [0.717, 1.165) is 55.1 Å². The van der Waals surface area contributed by atoms with Crippen molar-refractivity contribution in [2.24, 2.45) is 0 Å². The predicted octanol–water partition coefficient (Wildman–Crippen LogP) is 4.55. The number of fused-ring (bicyclic) bond motifs is 3. The van der Waals surface area contributed by atoms with Crippen LogP contribution < -0.4 is 9.62 Å². The summed E-state index contributed by atoms with van der Waals surface area (Å²) in [6.45, 7) is 3.81. The van der Waals surface area contributed by atoms with Gasteiger partial charge in [0.05, 0.1) is 4.90 Å². The molecule has 1 aliphatic rings. The Morgan fingerprint density at radius 3 is 2.46 bits per heavy atom.